The molecule has 2 fully saturated rings. The molecule has 34 heavy (non-hydrogen) atoms. The smallest absolute Gasteiger partial charge is 0.416 e. The molecule has 1 aliphatic carbocycles. The summed E-state index contributed by atoms with van der Waals surface area (Å²) in [7, 11) is 3.54. The predicted molar refractivity (Wildman–Crippen MR) is 125 cm³/mol. The Bertz CT molecular complexity index is 1090. The number of benzene rings is 1. The summed E-state index contributed by atoms with van der Waals surface area (Å²) in [6, 6.07) is 2.93. The normalized spacial score (nSPS) is 23.4. The lowest BCUT2D eigenvalue weighted by Gasteiger charge is -2.16. The number of likely N-dealkylation sites (tertiary alicyclic amines) is 1. The lowest BCUT2D eigenvalue weighted by atomic mass is 9.97. The number of hydrogen-bond donors (Lipinski definition) is 2. The van der Waals surface area contributed by atoms with E-state index in [0.29, 0.717) is 23.2 Å². The predicted octanol–water partition coefficient (Wildman–Crippen LogP) is 3.72. The second-order valence-electron chi connectivity index (χ2n) is 9.17. The summed E-state index contributed by atoms with van der Waals surface area (Å²) >= 11 is 1.57. The average molecular weight is 497 g/mol. The summed E-state index contributed by atoms with van der Waals surface area (Å²) in [6.45, 7) is 4.42. The molecule has 0 unspecified atom stereocenters. The zero-order valence-electron chi connectivity index (χ0n) is 19.4. The van der Waals surface area contributed by atoms with E-state index in [1.54, 1.807) is 31.2 Å². The minimum Gasteiger partial charge on any atom is -0.503 e. The molecule has 2 aliphatic rings. The van der Waals surface area contributed by atoms with Gasteiger partial charge in [-0.3, -0.25) is 0 Å². The van der Waals surface area contributed by atoms with Crippen LogP contribution in [0.2, 0.25) is 0 Å². The molecule has 0 bridgehead atoms. The van der Waals surface area contributed by atoms with Crippen LogP contribution >= 0.6 is 11.8 Å². The van der Waals surface area contributed by atoms with E-state index >= 15 is 0 Å². The minimum atomic E-state index is -4.53. The zero-order valence-corrected chi connectivity index (χ0v) is 20.2. The van der Waals surface area contributed by atoms with Crippen LogP contribution in [0.5, 0.6) is 0 Å². The summed E-state index contributed by atoms with van der Waals surface area (Å²) in [5, 5.41) is 22.1. The fourth-order valence-corrected chi connectivity index (χ4v) is 5.62. The van der Waals surface area contributed by atoms with Gasteiger partial charge in [-0.15, -0.1) is 10.2 Å². The molecule has 0 amide bonds. The molecule has 2 N–H and O–H groups in total. The highest BCUT2D eigenvalue weighted by atomic mass is 32.2. The SMILES string of the molecule is BN/C(C)=C(\O)c1nnc(SCCCN2CC[C@]3(C[C@H]3c3ccc(C(F)(F)F)cc3F)C2)n1C. The molecule has 6 nitrogen and oxygen atoms in total. The zero-order chi connectivity index (χ0) is 24.7. The summed E-state index contributed by atoms with van der Waals surface area (Å²) in [5.41, 5.74) is 0.0765. The Kier molecular flexibility index (Phi) is 6.92. The third-order valence-electron chi connectivity index (χ3n) is 6.98. The van der Waals surface area contributed by atoms with Gasteiger partial charge in [-0.05, 0) is 68.3 Å². The standard InChI is InChI=1S/C22H28BF4N5OS/c1-13(28-23)18(33)19-29-30-20(31(19)2)34-9-3-7-32-8-6-21(12-32)11-16(21)15-5-4-14(10-17(15)24)22(25,26)27/h4-5,10,16,28,33H,3,6-9,11-12,23H2,1-2H3/b18-13-/t16-,21-/m0/s1. The maximum absolute atomic E-state index is 14.4. The topological polar surface area (TPSA) is 66.2 Å². The van der Waals surface area contributed by atoms with E-state index in [0.717, 1.165) is 55.9 Å². The molecule has 2 aromatic rings. The molecule has 1 saturated heterocycles. The van der Waals surface area contributed by atoms with Crippen LogP contribution < -0.4 is 5.23 Å². The van der Waals surface area contributed by atoms with Gasteiger partial charge < -0.3 is 19.8 Å². The second-order valence-corrected chi connectivity index (χ2v) is 10.2. The van der Waals surface area contributed by atoms with E-state index in [1.807, 2.05) is 7.05 Å². The molecule has 1 aliphatic heterocycles. The first-order valence-electron chi connectivity index (χ1n) is 11.2. The van der Waals surface area contributed by atoms with E-state index in [1.165, 1.54) is 6.07 Å². The van der Waals surface area contributed by atoms with Crippen molar-refractivity contribution in [1.82, 2.24) is 24.9 Å². The van der Waals surface area contributed by atoms with Gasteiger partial charge in [0.05, 0.1) is 5.56 Å². The molecular weight excluding hydrogens is 469 g/mol. The molecule has 12 heteroatoms. The Morgan fingerprint density at radius 2 is 2.12 bits per heavy atom. The van der Waals surface area contributed by atoms with E-state index < -0.39 is 17.6 Å². The highest BCUT2D eigenvalue weighted by Crippen LogP contribution is 2.64. The Balaban J connectivity index is 1.26. The number of aliphatic hydroxyl groups excluding tert-OH is 1. The third-order valence-corrected chi connectivity index (χ3v) is 8.09. The third kappa shape index (κ3) is 4.93. The first kappa shape index (κ1) is 24.9. The summed E-state index contributed by atoms with van der Waals surface area (Å²) in [5.74, 6) is 0.553. The number of nitrogens with one attached hydrogen (secondary N) is 1. The van der Waals surface area contributed by atoms with Gasteiger partial charge in [-0.1, -0.05) is 17.8 Å². The summed E-state index contributed by atoms with van der Waals surface area (Å²) < 4.78 is 54.6. The van der Waals surface area contributed by atoms with Crippen LogP contribution in [-0.2, 0) is 13.2 Å². The lowest BCUT2D eigenvalue weighted by molar-refractivity contribution is -0.137. The van der Waals surface area contributed by atoms with Crippen LogP contribution in [-0.4, -0.2) is 58.1 Å². The highest BCUT2D eigenvalue weighted by Gasteiger charge is 2.58. The van der Waals surface area contributed by atoms with Crippen molar-refractivity contribution in [1.29, 1.82) is 0 Å². The van der Waals surface area contributed by atoms with Crippen molar-refractivity contribution in [2.24, 2.45) is 12.5 Å². The Labute approximate surface area is 201 Å². The Morgan fingerprint density at radius 1 is 1.35 bits per heavy atom. The second kappa shape index (κ2) is 9.45. The Hall–Kier alpha value is -2.21. The number of thioether (sulfide) groups is 1. The monoisotopic (exact) mass is 497 g/mol. The molecule has 1 saturated carbocycles. The van der Waals surface area contributed by atoms with Gasteiger partial charge in [0.25, 0.3) is 0 Å². The fourth-order valence-electron chi connectivity index (χ4n) is 4.78. The van der Waals surface area contributed by atoms with Gasteiger partial charge in [-0.25, -0.2) is 4.39 Å². The minimum absolute atomic E-state index is 0.00646. The average Bonchev–Trinajstić information content (AvgIpc) is 3.12. The van der Waals surface area contributed by atoms with Gasteiger partial charge in [-0.2, -0.15) is 13.2 Å². The first-order valence-corrected chi connectivity index (χ1v) is 12.2. The van der Waals surface area contributed by atoms with Crippen molar-refractivity contribution in [3.05, 3.63) is 46.7 Å². The molecule has 184 valence electrons. The van der Waals surface area contributed by atoms with Crippen molar-refractivity contribution >= 4 is 25.5 Å². The van der Waals surface area contributed by atoms with Gasteiger partial charge in [0.2, 0.25) is 13.8 Å². The van der Waals surface area contributed by atoms with E-state index in [2.05, 4.69) is 20.3 Å². The van der Waals surface area contributed by atoms with Gasteiger partial charge in [0.15, 0.2) is 10.9 Å². The van der Waals surface area contributed by atoms with Crippen molar-refractivity contribution in [3.8, 4) is 0 Å². The Morgan fingerprint density at radius 3 is 2.79 bits per heavy atom. The van der Waals surface area contributed by atoms with Crippen LogP contribution in [0.25, 0.3) is 5.76 Å². The first-order chi connectivity index (χ1) is 16.1. The fraction of sp³-hybridized carbons (Fsp3) is 0.545. The number of aliphatic hydroxyl groups is 1. The number of alkyl halides is 3. The number of hydrogen-bond acceptors (Lipinski definition) is 6. The van der Waals surface area contributed by atoms with Crippen LogP contribution in [0, 0.1) is 11.2 Å². The quantitative estimate of drug-likeness (QED) is 0.191. The number of aromatic nitrogens is 3. The van der Waals surface area contributed by atoms with Crippen molar-refractivity contribution in [2.45, 2.75) is 43.4 Å². The van der Waals surface area contributed by atoms with Crippen LogP contribution in [0.15, 0.2) is 29.1 Å². The molecule has 4 rings (SSSR count). The number of rotatable bonds is 8. The van der Waals surface area contributed by atoms with Crippen LogP contribution in [0.3, 0.4) is 0 Å². The molecular formula is C22H28BF4N5OS. The molecule has 2 atom stereocenters. The lowest BCUT2D eigenvalue weighted by Crippen LogP contribution is -2.23. The number of allylic oxidation sites excluding steroid dienone is 1. The van der Waals surface area contributed by atoms with E-state index in [9.17, 15) is 22.7 Å². The van der Waals surface area contributed by atoms with Crippen LogP contribution in [0.4, 0.5) is 17.6 Å². The van der Waals surface area contributed by atoms with Gasteiger partial charge in [0.1, 0.15) is 5.82 Å². The van der Waals surface area contributed by atoms with E-state index in [-0.39, 0.29) is 17.1 Å². The van der Waals surface area contributed by atoms with Gasteiger partial charge in [0, 0.05) is 25.0 Å². The number of halogens is 4. The van der Waals surface area contributed by atoms with Gasteiger partial charge >= 0.3 is 6.18 Å². The van der Waals surface area contributed by atoms with Crippen LogP contribution in [0.1, 0.15) is 49.1 Å². The summed E-state index contributed by atoms with van der Waals surface area (Å²) in [6.07, 6.45) is -1.84. The van der Waals surface area contributed by atoms with Crippen molar-refractivity contribution in [3.63, 3.8) is 0 Å². The molecule has 1 aromatic carbocycles. The van der Waals surface area contributed by atoms with Crippen molar-refractivity contribution < 1.29 is 22.7 Å². The maximum Gasteiger partial charge on any atom is 0.416 e. The largest absolute Gasteiger partial charge is 0.503 e. The van der Waals surface area contributed by atoms with Crippen molar-refractivity contribution in [2.75, 3.05) is 25.4 Å². The maximum atomic E-state index is 14.4. The number of nitrogens with zero attached hydrogens (tertiary/aromatic N) is 4. The molecule has 0 radical (unpaired) electrons. The molecule has 1 aromatic heterocycles. The molecule has 2 heterocycles. The highest BCUT2D eigenvalue weighted by molar-refractivity contribution is 7.99. The van der Waals surface area contributed by atoms with E-state index in [4.69, 9.17) is 0 Å². The molecule has 1 spiro atoms. The summed E-state index contributed by atoms with van der Waals surface area (Å²) in [4.78, 5) is 2.36.